The largest absolute Gasteiger partial charge is 0.463 e. The molecule has 0 aromatic carbocycles. The number of rotatable bonds is 15. The SMILES string of the molecule is CCCCOc1nc(N)c2[nH]c(=O)n(C(CCN3CCN(CCCC)CC3)N3CCN(CCCC)CC3)c2n1. The Morgan fingerprint density at radius 2 is 1.38 bits per heavy atom. The van der Waals surface area contributed by atoms with E-state index in [1.54, 1.807) is 0 Å². The van der Waals surface area contributed by atoms with Crippen molar-refractivity contribution in [1.82, 2.24) is 39.1 Å². The zero-order chi connectivity index (χ0) is 27.6. The molecule has 0 amide bonds. The molecule has 0 saturated carbocycles. The third-order valence-electron chi connectivity index (χ3n) is 8.26. The van der Waals surface area contributed by atoms with Crippen LogP contribution >= 0.6 is 0 Å². The van der Waals surface area contributed by atoms with Crippen molar-refractivity contribution in [2.75, 3.05) is 84.3 Å². The van der Waals surface area contributed by atoms with Crippen molar-refractivity contribution in [3.05, 3.63) is 10.5 Å². The zero-order valence-corrected chi connectivity index (χ0v) is 24.5. The van der Waals surface area contributed by atoms with Crippen molar-refractivity contribution < 1.29 is 4.74 Å². The lowest BCUT2D eigenvalue weighted by molar-refractivity contribution is 0.0478. The number of aromatic nitrogens is 4. The third kappa shape index (κ3) is 7.93. The van der Waals surface area contributed by atoms with Crippen LogP contribution < -0.4 is 16.2 Å². The first-order valence-corrected chi connectivity index (χ1v) is 15.4. The Morgan fingerprint density at radius 1 is 0.821 bits per heavy atom. The number of unbranched alkanes of at least 4 members (excludes halogenated alkanes) is 3. The monoisotopic (exact) mass is 545 g/mol. The minimum absolute atomic E-state index is 0.101. The van der Waals surface area contributed by atoms with Gasteiger partial charge in [-0.3, -0.25) is 9.47 Å². The summed E-state index contributed by atoms with van der Waals surface area (Å²) in [6.07, 6.45) is 7.64. The Balaban J connectivity index is 1.54. The fourth-order valence-corrected chi connectivity index (χ4v) is 5.71. The van der Waals surface area contributed by atoms with Gasteiger partial charge >= 0.3 is 11.7 Å². The molecule has 2 aromatic heterocycles. The van der Waals surface area contributed by atoms with E-state index in [2.05, 4.69) is 50.3 Å². The number of nitrogen functional groups attached to an aromatic ring is 1. The van der Waals surface area contributed by atoms with E-state index in [9.17, 15) is 4.79 Å². The highest BCUT2D eigenvalue weighted by molar-refractivity contribution is 5.82. The number of anilines is 1. The Kier molecular flexibility index (Phi) is 11.4. The maximum absolute atomic E-state index is 13.4. The highest BCUT2D eigenvalue weighted by atomic mass is 16.5. The summed E-state index contributed by atoms with van der Waals surface area (Å²) in [6.45, 7) is 18.7. The summed E-state index contributed by atoms with van der Waals surface area (Å²) in [5.41, 5.74) is 7.14. The summed E-state index contributed by atoms with van der Waals surface area (Å²) in [4.78, 5) is 35.5. The van der Waals surface area contributed by atoms with Crippen molar-refractivity contribution in [3.8, 4) is 6.01 Å². The van der Waals surface area contributed by atoms with Gasteiger partial charge in [-0.05, 0) is 38.8 Å². The predicted octanol–water partition coefficient (Wildman–Crippen LogP) is 2.60. The fourth-order valence-electron chi connectivity index (χ4n) is 5.71. The normalized spacial score (nSPS) is 19.2. The number of nitrogens with zero attached hydrogens (tertiary/aromatic N) is 7. The molecule has 0 bridgehead atoms. The van der Waals surface area contributed by atoms with Crippen molar-refractivity contribution in [1.29, 1.82) is 0 Å². The van der Waals surface area contributed by atoms with Crippen LogP contribution in [0.1, 0.15) is 71.9 Å². The van der Waals surface area contributed by atoms with Crippen molar-refractivity contribution in [2.24, 2.45) is 0 Å². The molecular formula is C28H51N9O2. The molecule has 1 atom stereocenters. The minimum Gasteiger partial charge on any atom is -0.463 e. The second-order valence-corrected chi connectivity index (χ2v) is 11.1. The standard InChI is InChI=1S/C28H51N9O2/c1-4-7-11-33-14-16-35(17-15-33)13-10-23(36-20-18-34(19-21-36)12-8-5-2)37-26-24(30-28(37)38)25(29)31-27(32-26)39-22-9-6-3/h23H,4-22H2,1-3H3,(H,30,38)(H2,29,31,32). The molecule has 11 nitrogen and oxygen atoms in total. The van der Waals surface area contributed by atoms with Crippen LogP contribution in [0.2, 0.25) is 0 Å². The van der Waals surface area contributed by atoms with E-state index < -0.39 is 0 Å². The van der Waals surface area contributed by atoms with Gasteiger partial charge in [0.15, 0.2) is 11.5 Å². The highest BCUT2D eigenvalue weighted by Gasteiger charge is 2.30. The second kappa shape index (κ2) is 15.0. The van der Waals surface area contributed by atoms with Gasteiger partial charge in [0.25, 0.3) is 0 Å². The van der Waals surface area contributed by atoms with E-state index in [0.717, 1.165) is 84.7 Å². The molecule has 2 fully saturated rings. The molecule has 11 heteroatoms. The lowest BCUT2D eigenvalue weighted by Crippen LogP contribution is -2.51. The minimum atomic E-state index is -0.181. The summed E-state index contributed by atoms with van der Waals surface area (Å²) in [7, 11) is 0. The van der Waals surface area contributed by atoms with Crippen molar-refractivity contribution >= 4 is 17.0 Å². The molecule has 2 aliphatic heterocycles. The van der Waals surface area contributed by atoms with E-state index in [1.165, 1.54) is 32.2 Å². The van der Waals surface area contributed by atoms with E-state index in [0.29, 0.717) is 17.8 Å². The summed E-state index contributed by atoms with van der Waals surface area (Å²) in [6, 6.07) is 0.243. The molecule has 1 unspecified atom stereocenters. The first-order chi connectivity index (χ1) is 19.0. The lowest BCUT2D eigenvalue weighted by atomic mass is 10.2. The van der Waals surface area contributed by atoms with Crippen LogP contribution in [0.15, 0.2) is 4.79 Å². The molecule has 2 saturated heterocycles. The van der Waals surface area contributed by atoms with Crippen molar-refractivity contribution in [3.63, 3.8) is 0 Å². The van der Waals surface area contributed by atoms with Gasteiger partial charge in [-0.15, -0.1) is 0 Å². The Bertz CT molecular complexity index is 1060. The average Bonchev–Trinajstić information content (AvgIpc) is 3.28. The molecule has 0 aliphatic carbocycles. The molecule has 3 N–H and O–H groups in total. The first kappa shape index (κ1) is 29.8. The number of piperazine rings is 2. The van der Waals surface area contributed by atoms with Gasteiger partial charge in [-0.25, -0.2) is 4.79 Å². The predicted molar refractivity (Wildman–Crippen MR) is 157 cm³/mol. The van der Waals surface area contributed by atoms with E-state index >= 15 is 0 Å². The topological polar surface area (TPSA) is 112 Å². The van der Waals surface area contributed by atoms with Crippen molar-refractivity contribution in [2.45, 2.75) is 71.9 Å². The number of H-pyrrole nitrogens is 1. The summed E-state index contributed by atoms with van der Waals surface area (Å²) in [5.74, 6) is 0.258. The average molecular weight is 546 g/mol. The third-order valence-corrected chi connectivity index (χ3v) is 8.26. The quantitative estimate of drug-likeness (QED) is 0.326. The Labute approximate surface area is 233 Å². The second-order valence-electron chi connectivity index (χ2n) is 11.1. The first-order valence-electron chi connectivity index (χ1n) is 15.4. The maximum atomic E-state index is 13.4. The van der Waals surface area contributed by atoms with Gasteiger partial charge in [-0.2, -0.15) is 9.97 Å². The highest BCUT2D eigenvalue weighted by Crippen LogP contribution is 2.26. The van der Waals surface area contributed by atoms with Gasteiger partial charge in [0, 0.05) is 58.9 Å². The molecule has 4 heterocycles. The van der Waals surface area contributed by atoms with Gasteiger partial charge in [-0.1, -0.05) is 40.0 Å². The number of hydrogen-bond acceptors (Lipinski definition) is 9. The van der Waals surface area contributed by atoms with Crippen LogP contribution in [0, 0.1) is 0 Å². The van der Waals surface area contributed by atoms with E-state index in [-0.39, 0.29) is 23.7 Å². The molecule has 39 heavy (non-hydrogen) atoms. The molecule has 0 radical (unpaired) electrons. The van der Waals surface area contributed by atoms with Crippen LogP contribution in [-0.2, 0) is 0 Å². The van der Waals surface area contributed by atoms with Crippen LogP contribution in [0.25, 0.3) is 11.2 Å². The fraction of sp³-hybridized carbons (Fsp3) is 0.821. The maximum Gasteiger partial charge on any atom is 0.329 e. The number of imidazole rings is 1. The van der Waals surface area contributed by atoms with Crippen LogP contribution in [0.3, 0.4) is 0 Å². The van der Waals surface area contributed by atoms with Gasteiger partial charge in [0.2, 0.25) is 0 Å². The zero-order valence-electron chi connectivity index (χ0n) is 24.5. The summed E-state index contributed by atoms with van der Waals surface area (Å²) < 4.78 is 7.62. The summed E-state index contributed by atoms with van der Waals surface area (Å²) >= 11 is 0. The molecule has 0 spiro atoms. The summed E-state index contributed by atoms with van der Waals surface area (Å²) in [5, 5.41) is 0. The Hall–Kier alpha value is -2.21. The molecular weight excluding hydrogens is 494 g/mol. The molecule has 2 aromatic rings. The van der Waals surface area contributed by atoms with Gasteiger partial charge in [0.05, 0.1) is 12.8 Å². The van der Waals surface area contributed by atoms with Gasteiger partial charge < -0.3 is 30.2 Å². The molecule has 4 rings (SSSR count). The number of nitrogens with one attached hydrogen (secondary N) is 1. The number of hydrogen-bond donors (Lipinski definition) is 2. The number of aromatic amines is 1. The van der Waals surface area contributed by atoms with Crippen LogP contribution in [0.5, 0.6) is 6.01 Å². The van der Waals surface area contributed by atoms with E-state index in [1.807, 2.05) is 4.57 Å². The molecule has 220 valence electrons. The van der Waals surface area contributed by atoms with Crippen LogP contribution in [0.4, 0.5) is 5.82 Å². The smallest absolute Gasteiger partial charge is 0.329 e. The van der Waals surface area contributed by atoms with E-state index in [4.69, 9.17) is 15.5 Å². The Morgan fingerprint density at radius 3 is 1.97 bits per heavy atom. The number of fused-ring (bicyclic) bond motifs is 1. The number of ether oxygens (including phenoxy) is 1. The number of nitrogens with two attached hydrogens (primary N) is 1. The lowest BCUT2D eigenvalue weighted by Gasteiger charge is -2.41. The van der Waals surface area contributed by atoms with Crippen LogP contribution in [-0.4, -0.2) is 118 Å². The van der Waals surface area contributed by atoms with Gasteiger partial charge in [0.1, 0.15) is 5.52 Å². The molecule has 2 aliphatic rings.